The number of ketones is 1. The minimum absolute atomic E-state index is 0.0424. The highest BCUT2D eigenvalue weighted by molar-refractivity contribution is 7.89. The number of likely N-dealkylation sites (tertiary alicyclic amines) is 1. The van der Waals surface area contributed by atoms with Crippen LogP contribution in [0.25, 0.3) is 5.76 Å². The standard InChI is InChI=1S/C27H32N2O7S/c1-35-18-6-17-29-24(19-7-11-21(36-2)12-8-19)23(26(31)27(29)32)25(30)20-9-13-22(14-10-20)37(33,34)28-15-4-3-5-16-28/h7-14,24,30H,3-6,15-18H2,1-2H3/b25-23-. The van der Waals surface area contributed by atoms with E-state index < -0.39 is 27.8 Å². The van der Waals surface area contributed by atoms with Crippen molar-refractivity contribution in [2.45, 2.75) is 36.6 Å². The molecular formula is C27H32N2O7S. The van der Waals surface area contributed by atoms with E-state index in [-0.39, 0.29) is 28.3 Å². The van der Waals surface area contributed by atoms with Gasteiger partial charge >= 0.3 is 0 Å². The molecule has 2 heterocycles. The van der Waals surface area contributed by atoms with Gasteiger partial charge in [0.2, 0.25) is 10.0 Å². The van der Waals surface area contributed by atoms with Crippen LogP contribution < -0.4 is 4.74 Å². The Bertz CT molecular complexity index is 1260. The van der Waals surface area contributed by atoms with Gasteiger partial charge in [0.1, 0.15) is 11.5 Å². The molecule has 2 fully saturated rings. The van der Waals surface area contributed by atoms with Gasteiger partial charge in [-0.2, -0.15) is 4.31 Å². The average Bonchev–Trinajstić information content (AvgIpc) is 3.18. The van der Waals surface area contributed by atoms with Crippen molar-refractivity contribution < 1.29 is 32.6 Å². The molecule has 1 N–H and O–H groups in total. The van der Waals surface area contributed by atoms with Crippen LogP contribution in [0.4, 0.5) is 0 Å². The van der Waals surface area contributed by atoms with E-state index in [0.29, 0.717) is 37.4 Å². The Morgan fingerprint density at radius 1 is 0.973 bits per heavy atom. The predicted octanol–water partition coefficient (Wildman–Crippen LogP) is 3.33. The molecule has 0 aromatic heterocycles. The highest BCUT2D eigenvalue weighted by atomic mass is 32.2. The lowest BCUT2D eigenvalue weighted by Crippen LogP contribution is -2.35. The maximum Gasteiger partial charge on any atom is 0.295 e. The zero-order valence-electron chi connectivity index (χ0n) is 21.1. The first-order valence-corrected chi connectivity index (χ1v) is 13.8. The van der Waals surface area contributed by atoms with Crippen molar-refractivity contribution in [3.8, 4) is 5.75 Å². The van der Waals surface area contributed by atoms with Crippen molar-refractivity contribution in [3.63, 3.8) is 0 Å². The van der Waals surface area contributed by atoms with Gasteiger partial charge in [0.25, 0.3) is 11.7 Å². The second-order valence-corrected chi connectivity index (χ2v) is 11.0. The summed E-state index contributed by atoms with van der Waals surface area (Å²) in [5.74, 6) is -1.23. The van der Waals surface area contributed by atoms with Gasteiger partial charge in [-0.1, -0.05) is 18.6 Å². The van der Waals surface area contributed by atoms with E-state index in [0.717, 1.165) is 19.3 Å². The Balaban J connectivity index is 1.72. The molecule has 37 heavy (non-hydrogen) atoms. The minimum atomic E-state index is -3.64. The molecule has 0 radical (unpaired) electrons. The largest absolute Gasteiger partial charge is 0.507 e. The van der Waals surface area contributed by atoms with Gasteiger partial charge in [0.05, 0.1) is 23.6 Å². The molecule has 0 aliphatic carbocycles. The Morgan fingerprint density at radius 2 is 1.62 bits per heavy atom. The third-order valence-corrected chi connectivity index (χ3v) is 8.71. The Morgan fingerprint density at radius 3 is 2.22 bits per heavy atom. The Labute approximate surface area is 217 Å². The van der Waals surface area contributed by atoms with Crippen molar-refractivity contribution in [1.29, 1.82) is 0 Å². The van der Waals surface area contributed by atoms with Crippen LogP contribution in [0.2, 0.25) is 0 Å². The summed E-state index contributed by atoms with van der Waals surface area (Å²) in [6, 6.07) is 11.9. The number of aliphatic hydroxyl groups excluding tert-OH is 1. The summed E-state index contributed by atoms with van der Waals surface area (Å²) in [7, 11) is -0.540. The van der Waals surface area contributed by atoms with Crippen molar-refractivity contribution >= 4 is 27.5 Å². The van der Waals surface area contributed by atoms with Gasteiger partial charge in [0.15, 0.2) is 0 Å². The smallest absolute Gasteiger partial charge is 0.295 e. The number of amides is 1. The van der Waals surface area contributed by atoms with Gasteiger partial charge in [-0.25, -0.2) is 8.42 Å². The molecule has 1 unspecified atom stereocenters. The van der Waals surface area contributed by atoms with E-state index in [1.165, 1.54) is 33.5 Å². The number of hydrogen-bond donors (Lipinski definition) is 1. The highest BCUT2D eigenvalue weighted by Gasteiger charge is 2.45. The summed E-state index contributed by atoms with van der Waals surface area (Å²) in [6.45, 7) is 1.64. The predicted molar refractivity (Wildman–Crippen MR) is 138 cm³/mol. The molecule has 2 aromatic rings. The zero-order chi connectivity index (χ0) is 26.6. The molecule has 0 spiro atoms. The number of nitrogens with zero attached hydrogens (tertiary/aromatic N) is 2. The van der Waals surface area contributed by atoms with Gasteiger partial charge in [-0.15, -0.1) is 0 Å². The molecule has 0 bridgehead atoms. The quantitative estimate of drug-likeness (QED) is 0.230. The van der Waals surface area contributed by atoms with Crippen LogP contribution in [0.15, 0.2) is 59.0 Å². The van der Waals surface area contributed by atoms with E-state index in [9.17, 15) is 23.1 Å². The van der Waals surface area contributed by atoms with Gasteiger partial charge in [-0.05, 0) is 61.2 Å². The van der Waals surface area contributed by atoms with Crippen LogP contribution in [-0.2, 0) is 24.3 Å². The van der Waals surface area contributed by atoms with Gasteiger partial charge < -0.3 is 19.5 Å². The third-order valence-electron chi connectivity index (χ3n) is 6.80. The fourth-order valence-electron chi connectivity index (χ4n) is 4.82. The lowest BCUT2D eigenvalue weighted by atomic mass is 9.95. The molecule has 2 saturated heterocycles. The third kappa shape index (κ3) is 5.41. The molecule has 198 valence electrons. The number of carbonyl (C=O) groups is 2. The first-order valence-electron chi connectivity index (χ1n) is 12.3. The first-order chi connectivity index (χ1) is 17.8. The maximum absolute atomic E-state index is 13.1. The summed E-state index contributed by atoms with van der Waals surface area (Å²) >= 11 is 0. The van der Waals surface area contributed by atoms with Crippen molar-refractivity contribution in [3.05, 3.63) is 65.2 Å². The van der Waals surface area contributed by atoms with Crippen molar-refractivity contribution in [1.82, 2.24) is 9.21 Å². The fraction of sp³-hybridized carbons (Fsp3) is 0.407. The Kier molecular flexibility index (Phi) is 8.31. The second-order valence-electron chi connectivity index (χ2n) is 9.10. The molecule has 4 rings (SSSR count). The number of hydrogen-bond acceptors (Lipinski definition) is 7. The van der Waals surface area contributed by atoms with E-state index in [4.69, 9.17) is 9.47 Å². The van der Waals surface area contributed by atoms with Crippen LogP contribution in [0.3, 0.4) is 0 Å². The van der Waals surface area contributed by atoms with Crippen LogP contribution >= 0.6 is 0 Å². The van der Waals surface area contributed by atoms with Crippen molar-refractivity contribution in [2.75, 3.05) is 40.5 Å². The van der Waals surface area contributed by atoms with Crippen molar-refractivity contribution in [2.24, 2.45) is 0 Å². The van der Waals surface area contributed by atoms with E-state index in [1.54, 1.807) is 38.5 Å². The molecule has 2 aromatic carbocycles. The molecule has 1 amide bonds. The number of carbonyl (C=O) groups excluding carboxylic acids is 2. The van der Waals surface area contributed by atoms with Crippen LogP contribution in [0, 0.1) is 0 Å². The molecular weight excluding hydrogens is 496 g/mol. The number of piperidine rings is 1. The summed E-state index contributed by atoms with van der Waals surface area (Å²) < 4.78 is 37.8. The summed E-state index contributed by atoms with van der Waals surface area (Å²) in [6.07, 6.45) is 3.18. The minimum Gasteiger partial charge on any atom is -0.507 e. The zero-order valence-corrected chi connectivity index (χ0v) is 21.9. The second kappa shape index (κ2) is 11.5. The van der Waals surface area contributed by atoms with Crippen LogP contribution in [0.1, 0.15) is 42.9 Å². The molecule has 1 atom stereocenters. The Hall–Kier alpha value is -3.21. The summed E-state index contributed by atoms with van der Waals surface area (Å²) in [4.78, 5) is 27.7. The average molecular weight is 529 g/mol. The molecule has 0 saturated carbocycles. The number of methoxy groups -OCH3 is 2. The SMILES string of the molecule is COCCCN1C(=O)C(=O)/C(=C(\O)c2ccc(S(=O)(=O)N3CCCCC3)cc2)C1c1ccc(OC)cc1. The topological polar surface area (TPSA) is 113 Å². The number of Topliss-reactive ketones (excluding diaryl/α,β-unsaturated/α-hetero) is 1. The van der Waals surface area contributed by atoms with E-state index >= 15 is 0 Å². The van der Waals surface area contributed by atoms with E-state index in [1.807, 2.05) is 0 Å². The number of sulfonamides is 1. The maximum atomic E-state index is 13.1. The monoisotopic (exact) mass is 528 g/mol. The number of benzene rings is 2. The van der Waals surface area contributed by atoms with Gasteiger partial charge in [-0.3, -0.25) is 9.59 Å². The van der Waals surface area contributed by atoms with Crippen LogP contribution in [0.5, 0.6) is 5.75 Å². The number of rotatable bonds is 9. The number of aliphatic hydroxyl groups is 1. The van der Waals surface area contributed by atoms with Crippen LogP contribution in [-0.4, -0.2) is 74.9 Å². The molecule has 2 aliphatic heterocycles. The van der Waals surface area contributed by atoms with Gasteiger partial charge in [0, 0.05) is 38.9 Å². The lowest BCUT2D eigenvalue weighted by molar-refractivity contribution is -0.140. The fourth-order valence-corrected chi connectivity index (χ4v) is 6.33. The van der Waals surface area contributed by atoms with E-state index in [2.05, 4.69) is 0 Å². The lowest BCUT2D eigenvalue weighted by Gasteiger charge is -2.26. The molecule has 9 nitrogen and oxygen atoms in total. The summed E-state index contributed by atoms with van der Waals surface area (Å²) in [5.41, 5.74) is 0.855. The first kappa shape index (κ1) is 26.8. The molecule has 2 aliphatic rings. The summed E-state index contributed by atoms with van der Waals surface area (Å²) in [5, 5.41) is 11.2. The molecule has 10 heteroatoms. The highest BCUT2D eigenvalue weighted by Crippen LogP contribution is 2.40. The normalized spacial score (nSPS) is 20.4. The number of ether oxygens (including phenoxy) is 2.